The summed E-state index contributed by atoms with van der Waals surface area (Å²) in [7, 11) is 0. The average Bonchev–Trinajstić information content (AvgIpc) is 3.76. The summed E-state index contributed by atoms with van der Waals surface area (Å²) >= 11 is 6.36. The molecule has 2 saturated heterocycles. The molecule has 8 rings (SSSR count). The molecule has 0 unspecified atom stereocenters. The lowest BCUT2D eigenvalue weighted by Gasteiger charge is -2.43. The number of H-pyrrole nitrogens is 1. The molecular weight excluding hydrogens is 654 g/mol. The Bertz CT molecular complexity index is 1670. The molecule has 4 heterocycles. The van der Waals surface area contributed by atoms with Gasteiger partial charge in [0.25, 0.3) is 5.91 Å². The molecule has 222 valence electrons. The van der Waals surface area contributed by atoms with Crippen LogP contribution in [0.3, 0.4) is 0 Å². The Kier molecular flexibility index (Phi) is 6.81. The number of thioether (sulfide) groups is 1. The number of carbonyl (C=O) groups is 3. The molecule has 5 aliphatic rings. The molecule has 3 aliphatic heterocycles. The van der Waals surface area contributed by atoms with E-state index in [1.807, 2.05) is 48.5 Å². The maximum atomic E-state index is 13.9. The van der Waals surface area contributed by atoms with Crippen molar-refractivity contribution in [3.63, 3.8) is 0 Å². The zero-order valence-electron chi connectivity index (χ0n) is 22.9. The molecule has 3 aromatic rings. The normalized spacial score (nSPS) is 30.8. The van der Waals surface area contributed by atoms with E-state index in [0.29, 0.717) is 37.7 Å². The third-order valence-electron chi connectivity index (χ3n) is 9.77. The predicted octanol–water partition coefficient (Wildman–Crippen LogP) is 4.11. The lowest BCUT2D eigenvalue weighted by molar-refractivity contribution is -0.137. The van der Waals surface area contributed by atoms with E-state index in [1.54, 1.807) is 16.7 Å². The molecule has 7 atom stereocenters. The number of halogens is 1. The van der Waals surface area contributed by atoms with Crippen molar-refractivity contribution in [2.45, 2.75) is 22.6 Å². The van der Waals surface area contributed by atoms with Crippen LogP contribution in [0.5, 0.6) is 5.75 Å². The first-order valence-corrected chi connectivity index (χ1v) is 17.0. The number of aromatic nitrogens is 1. The number of nitrogens with one attached hydrogen (secondary N) is 1. The molecule has 9 nitrogen and oxygen atoms in total. The average molecular weight is 683 g/mol. The van der Waals surface area contributed by atoms with Gasteiger partial charge < -0.3 is 19.4 Å². The van der Waals surface area contributed by atoms with Crippen molar-refractivity contribution < 1.29 is 23.9 Å². The van der Waals surface area contributed by atoms with E-state index in [0.717, 1.165) is 26.4 Å². The van der Waals surface area contributed by atoms with Gasteiger partial charge in [0.2, 0.25) is 11.8 Å². The third kappa shape index (κ3) is 4.43. The van der Waals surface area contributed by atoms with Gasteiger partial charge in [-0.25, -0.2) is 0 Å². The Balaban J connectivity index is 1.08. The molecule has 0 radical (unpaired) electrons. The number of ether oxygens (including phenoxy) is 2. The fourth-order valence-corrected chi connectivity index (χ4v) is 11.2. The van der Waals surface area contributed by atoms with Gasteiger partial charge in [-0.1, -0.05) is 39.4 Å². The van der Waals surface area contributed by atoms with Crippen molar-refractivity contribution in [2.24, 2.45) is 29.6 Å². The molecule has 1 N–H and O–H groups in total. The summed E-state index contributed by atoms with van der Waals surface area (Å²) < 4.78 is 12.1. The lowest BCUT2D eigenvalue weighted by Crippen LogP contribution is -2.43. The highest BCUT2D eigenvalue weighted by atomic mass is 79.9. The summed E-state index contributed by atoms with van der Waals surface area (Å²) in [6.45, 7) is 2.20. The lowest BCUT2D eigenvalue weighted by atomic mass is 9.68. The van der Waals surface area contributed by atoms with Crippen molar-refractivity contribution in [1.82, 2.24) is 9.88 Å². The van der Waals surface area contributed by atoms with E-state index in [4.69, 9.17) is 9.47 Å². The summed E-state index contributed by atoms with van der Waals surface area (Å²) in [5.41, 5.74) is 1.66. The van der Waals surface area contributed by atoms with Gasteiger partial charge in [-0.15, -0.1) is 11.8 Å². The smallest absolute Gasteiger partial charge is 0.305 e. The molecule has 2 bridgehead atoms. The van der Waals surface area contributed by atoms with Gasteiger partial charge in [-0.3, -0.25) is 24.1 Å². The number of aromatic amines is 1. The first-order chi connectivity index (χ1) is 20.9. The number of imide groups is 1. The fraction of sp³-hybridized carbons (Fsp3) is 0.419. The largest absolute Gasteiger partial charge is 0.484 e. The van der Waals surface area contributed by atoms with Crippen LogP contribution in [0.15, 0.2) is 62.8 Å². The zero-order chi connectivity index (χ0) is 29.4. The Hall–Kier alpha value is -2.93. The van der Waals surface area contributed by atoms with E-state index in [1.165, 1.54) is 16.2 Å². The summed E-state index contributed by atoms with van der Waals surface area (Å²) in [4.78, 5) is 59.9. The molecule has 12 heteroatoms. The fourth-order valence-electron chi connectivity index (χ4n) is 8.06. The standard InChI is InChI=1S/C31H28BrN3O6S2/c32-16-3-5-17(6-4-16)35-29(37)24-19-13-20(25(24)30(35)38)26-23(19)22(27-28(42-26)33-31(39)43-27)15-1-7-18(8-2-15)41-14-21(36)34-9-11-40-12-10-34/h1-8,19-20,22-26H,9-14H2,(H,33,39)/t19-,20-,22+,23-,24+,25+,26-/m1/s1. The van der Waals surface area contributed by atoms with Crippen molar-refractivity contribution in [3.8, 4) is 5.75 Å². The first kappa shape index (κ1) is 27.6. The molecule has 4 fully saturated rings. The molecular formula is C31H28BrN3O6S2. The van der Waals surface area contributed by atoms with Gasteiger partial charge in [0.05, 0.1) is 35.8 Å². The van der Waals surface area contributed by atoms with Crippen molar-refractivity contribution in [2.75, 3.05) is 37.8 Å². The number of hydrogen-bond acceptors (Lipinski definition) is 8. The van der Waals surface area contributed by atoms with Crippen LogP contribution in [-0.4, -0.2) is 65.8 Å². The number of rotatable bonds is 5. The van der Waals surface area contributed by atoms with E-state index in [2.05, 4.69) is 20.9 Å². The summed E-state index contributed by atoms with van der Waals surface area (Å²) in [5, 5.41) is 1.00. The highest BCUT2D eigenvalue weighted by Gasteiger charge is 2.69. The van der Waals surface area contributed by atoms with Gasteiger partial charge in [-0.2, -0.15) is 0 Å². The van der Waals surface area contributed by atoms with Crippen LogP contribution in [0.2, 0.25) is 0 Å². The van der Waals surface area contributed by atoms with E-state index < -0.39 is 0 Å². The Morgan fingerprint density at radius 1 is 0.977 bits per heavy atom. The van der Waals surface area contributed by atoms with Gasteiger partial charge >= 0.3 is 4.87 Å². The Morgan fingerprint density at radius 2 is 1.67 bits per heavy atom. The highest BCUT2D eigenvalue weighted by molar-refractivity contribution is 9.10. The summed E-state index contributed by atoms with van der Waals surface area (Å²) in [6, 6.07) is 15.1. The number of hydrogen-bond donors (Lipinski definition) is 1. The van der Waals surface area contributed by atoms with Gasteiger partial charge in [0.1, 0.15) is 5.75 Å². The maximum absolute atomic E-state index is 13.9. The highest BCUT2D eigenvalue weighted by Crippen LogP contribution is 2.68. The van der Waals surface area contributed by atoms with Crippen LogP contribution in [0.4, 0.5) is 5.69 Å². The SMILES string of the molecule is O=C(COc1ccc([C@@H]2c3sc(=O)[nH]c3S[C@@H]3[C@@H]4C[C@@H]([C@@H]5C(=O)N(c6ccc(Br)cc6)C(=O)[C@@H]45)[C@H]23)cc1)N1CCOCC1. The summed E-state index contributed by atoms with van der Waals surface area (Å²) in [6.07, 6.45) is 0.837. The van der Waals surface area contributed by atoms with Crippen molar-refractivity contribution >= 4 is 62.4 Å². The monoisotopic (exact) mass is 681 g/mol. The third-order valence-corrected chi connectivity index (χ3v) is 12.9. The van der Waals surface area contributed by atoms with Crippen LogP contribution in [0.1, 0.15) is 22.8 Å². The molecule has 3 amide bonds. The Morgan fingerprint density at radius 3 is 2.40 bits per heavy atom. The quantitative estimate of drug-likeness (QED) is 0.404. The van der Waals surface area contributed by atoms with Crippen LogP contribution in [0.25, 0.3) is 0 Å². The molecule has 2 aromatic carbocycles. The Labute approximate surface area is 264 Å². The predicted molar refractivity (Wildman–Crippen MR) is 164 cm³/mol. The van der Waals surface area contributed by atoms with Crippen molar-refractivity contribution in [3.05, 3.63) is 73.1 Å². The van der Waals surface area contributed by atoms with E-state index in [-0.39, 0.29) is 70.0 Å². The minimum absolute atomic E-state index is 0.0362. The van der Waals surface area contributed by atoms with Gasteiger partial charge in [-0.05, 0) is 66.1 Å². The zero-order valence-corrected chi connectivity index (χ0v) is 26.2. The number of carbonyl (C=O) groups excluding carboxylic acids is 3. The number of morpholine rings is 1. The van der Waals surface area contributed by atoms with Gasteiger partial charge in [0, 0.05) is 33.6 Å². The van der Waals surface area contributed by atoms with Gasteiger partial charge in [0.15, 0.2) is 6.61 Å². The topological polar surface area (TPSA) is 109 Å². The van der Waals surface area contributed by atoms with Crippen LogP contribution >= 0.6 is 39.0 Å². The summed E-state index contributed by atoms with van der Waals surface area (Å²) in [5.74, 6) is -0.196. The second-order valence-corrected chi connectivity index (χ2v) is 14.9. The number of amides is 3. The minimum Gasteiger partial charge on any atom is -0.484 e. The van der Waals surface area contributed by atoms with Crippen LogP contribution in [-0.2, 0) is 19.1 Å². The first-order valence-electron chi connectivity index (χ1n) is 14.5. The second kappa shape index (κ2) is 10.6. The number of fused-ring (bicyclic) bond motifs is 9. The molecule has 43 heavy (non-hydrogen) atoms. The number of nitrogens with zero attached hydrogens (tertiary/aromatic N) is 2. The number of anilines is 1. The number of thiazole rings is 1. The molecule has 0 spiro atoms. The number of benzene rings is 2. The van der Waals surface area contributed by atoms with E-state index in [9.17, 15) is 19.2 Å². The molecule has 1 aromatic heterocycles. The van der Waals surface area contributed by atoms with Crippen LogP contribution < -0.4 is 14.5 Å². The van der Waals surface area contributed by atoms with E-state index >= 15 is 0 Å². The van der Waals surface area contributed by atoms with Crippen molar-refractivity contribution in [1.29, 1.82) is 0 Å². The minimum atomic E-state index is -0.350. The molecule has 2 aliphatic carbocycles. The van der Waals surface area contributed by atoms with Crippen LogP contribution in [0, 0.1) is 29.6 Å². The second-order valence-electron chi connectivity index (χ2n) is 11.8. The molecule has 2 saturated carbocycles. The maximum Gasteiger partial charge on any atom is 0.305 e.